The molecule has 0 aliphatic heterocycles. The molecule has 0 amide bonds. The van der Waals surface area contributed by atoms with Crippen molar-refractivity contribution in [2.24, 2.45) is 0 Å². The van der Waals surface area contributed by atoms with E-state index in [0.717, 1.165) is 19.3 Å². The van der Waals surface area contributed by atoms with Gasteiger partial charge in [-0.05, 0) is 6.42 Å². The highest BCUT2D eigenvalue weighted by Gasteiger charge is 2.22. The number of esters is 1. The number of ether oxygens (including phenoxy) is 1. The maximum Gasteiger partial charge on any atom is 0.306 e. The van der Waals surface area contributed by atoms with Crippen LogP contribution in [0.15, 0.2) is 0 Å². The zero-order valence-electron chi connectivity index (χ0n) is 13.7. The molecule has 0 heterocycles. The van der Waals surface area contributed by atoms with Gasteiger partial charge >= 0.3 is 5.97 Å². The molecule has 1 atom stereocenters. The molecule has 0 radical (unpaired) electrons. The molecule has 21 heavy (non-hydrogen) atoms. The van der Waals surface area contributed by atoms with Gasteiger partial charge in [-0.1, -0.05) is 32.6 Å². The summed E-state index contributed by atoms with van der Waals surface area (Å²) in [4.78, 5) is 22.4. The first-order chi connectivity index (χ1) is 9.24. The lowest BCUT2D eigenvalue weighted by Gasteiger charge is -2.29. The molecular formula is C15H30ClNO4. The van der Waals surface area contributed by atoms with Crippen molar-refractivity contribution in [2.75, 3.05) is 27.7 Å². The van der Waals surface area contributed by atoms with Crippen LogP contribution in [0.3, 0.4) is 0 Å². The second-order valence-corrected chi connectivity index (χ2v) is 6.33. The fraction of sp³-hybridized carbons (Fsp3) is 0.867. The number of halogens is 1. The number of likely N-dealkylation sites (N-methyl/N-ethyl adjacent to an activating group) is 1. The van der Waals surface area contributed by atoms with Crippen molar-refractivity contribution < 1.29 is 23.9 Å². The minimum absolute atomic E-state index is 0. The van der Waals surface area contributed by atoms with Gasteiger partial charge in [0.05, 0.1) is 21.1 Å². The van der Waals surface area contributed by atoms with Crippen molar-refractivity contribution in [3.63, 3.8) is 0 Å². The lowest BCUT2D eigenvalue weighted by molar-refractivity contribution is -0.873. The summed E-state index contributed by atoms with van der Waals surface area (Å²) < 4.78 is 5.81. The van der Waals surface area contributed by atoms with Crippen LogP contribution < -0.4 is 5.11 Å². The molecule has 5 nitrogen and oxygen atoms in total. The van der Waals surface area contributed by atoms with Gasteiger partial charge in [-0.2, -0.15) is 0 Å². The molecule has 0 fully saturated rings. The van der Waals surface area contributed by atoms with Crippen molar-refractivity contribution in [1.82, 2.24) is 0 Å². The van der Waals surface area contributed by atoms with Gasteiger partial charge in [-0.3, -0.25) is 4.79 Å². The Morgan fingerprint density at radius 3 is 2.14 bits per heavy atom. The Balaban J connectivity index is 0. The summed E-state index contributed by atoms with van der Waals surface area (Å²) in [6, 6.07) is 0. The molecule has 0 aliphatic rings. The molecule has 0 saturated carbocycles. The van der Waals surface area contributed by atoms with Crippen LogP contribution in [-0.2, 0) is 14.3 Å². The van der Waals surface area contributed by atoms with Crippen molar-refractivity contribution in [2.45, 2.75) is 58.0 Å². The molecular weight excluding hydrogens is 294 g/mol. The number of carboxylic acids is 1. The van der Waals surface area contributed by atoms with E-state index >= 15 is 0 Å². The van der Waals surface area contributed by atoms with E-state index in [0.29, 0.717) is 17.4 Å². The number of nitrogens with zero attached hydrogens (tertiary/aromatic N) is 1. The number of carbonyl (C=O) groups is 2. The number of rotatable bonds is 11. The van der Waals surface area contributed by atoms with E-state index in [4.69, 9.17) is 4.74 Å². The molecule has 0 aromatic heterocycles. The van der Waals surface area contributed by atoms with Gasteiger partial charge in [0.2, 0.25) is 0 Å². The summed E-state index contributed by atoms with van der Waals surface area (Å²) in [5.41, 5.74) is 0. The van der Waals surface area contributed by atoms with Crippen molar-refractivity contribution in [3.8, 4) is 0 Å². The summed E-state index contributed by atoms with van der Waals surface area (Å²) in [5, 5.41) is 10.7. The predicted molar refractivity (Wildman–Crippen MR) is 83.0 cm³/mol. The third kappa shape index (κ3) is 15.4. The molecule has 0 aliphatic carbocycles. The van der Waals surface area contributed by atoms with E-state index < -0.39 is 12.1 Å². The number of unbranched alkanes of at least 4 members (excludes halogenated alkanes) is 4. The Morgan fingerprint density at radius 1 is 1.10 bits per heavy atom. The number of aliphatic carboxylic acids is 1. The molecule has 0 aromatic carbocycles. The highest BCUT2D eigenvalue weighted by Crippen LogP contribution is 2.09. The largest absolute Gasteiger partial charge is 0.550 e. The van der Waals surface area contributed by atoms with Gasteiger partial charge in [0, 0.05) is 18.8 Å². The van der Waals surface area contributed by atoms with E-state index in [-0.39, 0.29) is 24.8 Å². The zero-order valence-corrected chi connectivity index (χ0v) is 14.5. The number of hydrogen-bond acceptors (Lipinski definition) is 4. The fourth-order valence-corrected chi connectivity index (χ4v) is 2.06. The van der Waals surface area contributed by atoms with Gasteiger partial charge in [0.25, 0.3) is 0 Å². The maximum atomic E-state index is 11.7. The number of carboxylic acid groups (broad SMARTS) is 1. The second-order valence-electron chi connectivity index (χ2n) is 6.33. The van der Waals surface area contributed by atoms with E-state index in [9.17, 15) is 14.7 Å². The maximum absolute atomic E-state index is 11.7. The molecule has 0 bridgehead atoms. The highest BCUT2D eigenvalue weighted by atomic mass is 35.5. The quantitative estimate of drug-likeness (QED) is 0.328. The molecule has 0 spiro atoms. The van der Waals surface area contributed by atoms with Crippen molar-refractivity contribution in [1.29, 1.82) is 0 Å². The van der Waals surface area contributed by atoms with Gasteiger partial charge in [-0.15, -0.1) is 12.4 Å². The third-order valence-electron chi connectivity index (χ3n) is 2.93. The molecule has 0 N–H and O–H groups in total. The Hall–Kier alpha value is -0.810. The van der Waals surface area contributed by atoms with Crippen LogP contribution in [-0.4, -0.2) is 50.2 Å². The minimum Gasteiger partial charge on any atom is -0.550 e. The monoisotopic (exact) mass is 323 g/mol. The highest BCUT2D eigenvalue weighted by molar-refractivity contribution is 5.85. The standard InChI is InChI=1S/C15H29NO4.ClH/c1-5-6-7-8-9-10-15(19)20-13(11-14(17)18)12-16(2,3)4;/h13H,5-12H2,1-4H3;1H. The first-order valence-corrected chi connectivity index (χ1v) is 7.44. The van der Waals surface area contributed by atoms with Crippen LogP contribution >= 0.6 is 12.4 Å². The van der Waals surface area contributed by atoms with Crippen LogP contribution in [0.5, 0.6) is 0 Å². The van der Waals surface area contributed by atoms with E-state index in [2.05, 4.69) is 6.92 Å². The van der Waals surface area contributed by atoms with Crippen LogP contribution in [0.25, 0.3) is 0 Å². The smallest absolute Gasteiger partial charge is 0.306 e. The minimum atomic E-state index is -1.18. The Labute approximate surface area is 134 Å². The summed E-state index contributed by atoms with van der Waals surface area (Å²) in [6.45, 7) is 2.61. The molecule has 0 rings (SSSR count). The molecule has 6 heteroatoms. The van der Waals surface area contributed by atoms with Crippen molar-refractivity contribution in [3.05, 3.63) is 0 Å². The molecule has 0 saturated heterocycles. The van der Waals surface area contributed by atoms with Crippen LogP contribution in [0.4, 0.5) is 0 Å². The lowest BCUT2D eigenvalue weighted by atomic mass is 10.1. The number of hydrogen-bond donors (Lipinski definition) is 0. The average Bonchev–Trinajstić information content (AvgIpc) is 2.25. The first kappa shape index (κ1) is 22.5. The van der Waals surface area contributed by atoms with Crippen molar-refractivity contribution >= 4 is 24.3 Å². The average molecular weight is 324 g/mol. The lowest BCUT2D eigenvalue weighted by Crippen LogP contribution is -2.45. The summed E-state index contributed by atoms with van der Waals surface area (Å²) >= 11 is 0. The predicted octanol–water partition coefficient (Wildman–Crippen LogP) is 1.53. The van der Waals surface area contributed by atoms with Gasteiger partial charge in [-0.25, -0.2) is 0 Å². The summed E-state index contributed by atoms with van der Waals surface area (Å²) in [6.07, 6.45) is 4.83. The Morgan fingerprint density at radius 2 is 1.67 bits per heavy atom. The Kier molecular flexibility index (Phi) is 12.6. The van der Waals surface area contributed by atoms with Gasteiger partial charge in [0.1, 0.15) is 6.54 Å². The van der Waals surface area contributed by atoms with E-state index in [1.54, 1.807) is 0 Å². The number of carbonyl (C=O) groups excluding carboxylic acids is 2. The van der Waals surface area contributed by atoms with Gasteiger partial charge in [0.15, 0.2) is 6.10 Å². The Bertz CT molecular complexity index is 303. The first-order valence-electron chi connectivity index (χ1n) is 7.44. The van der Waals surface area contributed by atoms with Crippen LogP contribution in [0.2, 0.25) is 0 Å². The summed E-state index contributed by atoms with van der Waals surface area (Å²) in [5.74, 6) is -1.49. The van der Waals surface area contributed by atoms with E-state index in [1.807, 2.05) is 21.1 Å². The summed E-state index contributed by atoms with van der Waals surface area (Å²) in [7, 11) is 5.79. The zero-order chi connectivity index (χ0) is 15.6. The molecule has 0 aromatic rings. The number of quaternary nitrogens is 1. The fourth-order valence-electron chi connectivity index (χ4n) is 2.06. The molecule has 126 valence electrons. The second kappa shape index (κ2) is 11.8. The van der Waals surface area contributed by atoms with Gasteiger partial charge < -0.3 is 19.1 Å². The molecule has 1 unspecified atom stereocenters. The normalized spacial score (nSPS) is 12.4. The van der Waals surface area contributed by atoms with Crippen LogP contribution in [0, 0.1) is 0 Å². The topological polar surface area (TPSA) is 66.4 Å². The third-order valence-corrected chi connectivity index (χ3v) is 2.93. The van der Waals surface area contributed by atoms with Crippen LogP contribution in [0.1, 0.15) is 51.9 Å². The SMILES string of the molecule is CCCCCCCC(=O)OC(CC(=O)[O-])C[N+](C)(C)C.Cl. The van der Waals surface area contributed by atoms with E-state index in [1.165, 1.54) is 12.8 Å².